The van der Waals surface area contributed by atoms with Crippen molar-refractivity contribution in [1.82, 2.24) is 0 Å². The highest BCUT2D eigenvalue weighted by molar-refractivity contribution is 6.05. The van der Waals surface area contributed by atoms with E-state index in [1.807, 2.05) is 43.9 Å². The van der Waals surface area contributed by atoms with Gasteiger partial charge in [-0.2, -0.15) is 0 Å². The summed E-state index contributed by atoms with van der Waals surface area (Å²) in [5, 5.41) is 0. The fourth-order valence-electron chi connectivity index (χ4n) is 4.68. The van der Waals surface area contributed by atoms with Gasteiger partial charge in [-0.1, -0.05) is 32.0 Å². The van der Waals surface area contributed by atoms with Gasteiger partial charge in [0.1, 0.15) is 0 Å². The third-order valence-corrected chi connectivity index (χ3v) is 6.78. The second-order valence-corrected chi connectivity index (χ2v) is 7.86. The minimum Gasteiger partial charge on any atom is -0.448 e. The van der Waals surface area contributed by atoms with Crippen LogP contribution in [0.25, 0.3) is 0 Å². The van der Waals surface area contributed by atoms with E-state index in [0.29, 0.717) is 13.0 Å². The topological polar surface area (TPSA) is 46.6 Å². The molecule has 0 unspecified atom stereocenters. The first kappa shape index (κ1) is 14.7. The SMILES string of the molecule is CC1(C)[C@@]2(C(=O)N3CCCc4ccccc43)CC[C@]1(C)C(=O)O2. The zero-order chi connectivity index (χ0) is 16.5. The molecule has 0 radical (unpaired) electrons. The molecule has 2 aliphatic heterocycles. The van der Waals surface area contributed by atoms with E-state index in [4.69, 9.17) is 4.74 Å². The van der Waals surface area contributed by atoms with Crippen LogP contribution in [0.1, 0.15) is 45.6 Å². The van der Waals surface area contributed by atoms with E-state index in [1.54, 1.807) is 0 Å². The standard InChI is InChI=1S/C19H23NO3/c1-17(2)18(3)10-11-19(17,23-16(18)22)15(21)20-12-6-8-13-7-4-5-9-14(13)20/h4-5,7,9H,6,8,10-12H2,1-3H3/t18-,19+/m1/s1. The Morgan fingerprint density at radius 1 is 1.17 bits per heavy atom. The second kappa shape index (κ2) is 4.37. The highest BCUT2D eigenvalue weighted by Gasteiger charge is 2.76. The molecule has 1 saturated heterocycles. The van der Waals surface area contributed by atoms with Crippen LogP contribution < -0.4 is 4.90 Å². The number of carbonyl (C=O) groups excluding carboxylic acids is 2. The van der Waals surface area contributed by atoms with Crippen molar-refractivity contribution in [3.05, 3.63) is 29.8 Å². The highest BCUT2D eigenvalue weighted by Crippen LogP contribution is 2.66. The molecule has 1 saturated carbocycles. The third-order valence-electron chi connectivity index (χ3n) is 6.78. The number of nitrogens with zero attached hydrogens (tertiary/aromatic N) is 1. The van der Waals surface area contributed by atoms with E-state index in [1.165, 1.54) is 5.56 Å². The van der Waals surface area contributed by atoms with Crippen molar-refractivity contribution < 1.29 is 14.3 Å². The fourth-order valence-corrected chi connectivity index (χ4v) is 4.68. The summed E-state index contributed by atoms with van der Waals surface area (Å²) in [5.74, 6) is -0.253. The number of carbonyl (C=O) groups is 2. The lowest BCUT2D eigenvalue weighted by Gasteiger charge is -2.40. The molecular weight excluding hydrogens is 290 g/mol. The molecule has 4 heteroatoms. The van der Waals surface area contributed by atoms with Crippen molar-refractivity contribution >= 4 is 17.6 Å². The predicted octanol–water partition coefficient (Wildman–Crippen LogP) is 3.09. The molecule has 23 heavy (non-hydrogen) atoms. The molecule has 122 valence electrons. The van der Waals surface area contributed by atoms with E-state index < -0.39 is 16.4 Å². The van der Waals surface area contributed by atoms with Gasteiger partial charge >= 0.3 is 5.97 Å². The summed E-state index contributed by atoms with van der Waals surface area (Å²) in [6.07, 6.45) is 3.29. The van der Waals surface area contributed by atoms with Gasteiger partial charge in [0.25, 0.3) is 5.91 Å². The molecule has 2 heterocycles. The molecule has 1 amide bonds. The van der Waals surface area contributed by atoms with Crippen LogP contribution >= 0.6 is 0 Å². The Morgan fingerprint density at radius 3 is 2.57 bits per heavy atom. The summed E-state index contributed by atoms with van der Waals surface area (Å²) in [6.45, 7) is 6.67. The molecule has 2 bridgehead atoms. The van der Waals surface area contributed by atoms with Gasteiger partial charge < -0.3 is 9.64 Å². The van der Waals surface area contributed by atoms with Gasteiger partial charge in [0.15, 0.2) is 5.60 Å². The van der Waals surface area contributed by atoms with Crippen LogP contribution in [0.4, 0.5) is 5.69 Å². The summed E-state index contributed by atoms with van der Waals surface area (Å²) >= 11 is 0. The Kier molecular flexibility index (Phi) is 2.80. The van der Waals surface area contributed by atoms with Gasteiger partial charge in [-0.05, 0) is 44.2 Å². The van der Waals surface area contributed by atoms with Gasteiger partial charge in [0.05, 0.1) is 5.41 Å². The third kappa shape index (κ3) is 1.57. The number of anilines is 1. The number of fused-ring (bicyclic) bond motifs is 3. The first-order valence-electron chi connectivity index (χ1n) is 8.47. The first-order chi connectivity index (χ1) is 10.8. The van der Waals surface area contributed by atoms with Gasteiger partial charge in [-0.3, -0.25) is 9.59 Å². The van der Waals surface area contributed by atoms with Crippen molar-refractivity contribution in [2.24, 2.45) is 10.8 Å². The van der Waals surface area contributed by atoms with Gasteiger partial charge in [0.2, 0.25) is 0 Å². The molecular formula is C19H23NO3. The maximum atomic E-state index is 13.5. The number of benzene rings is 1. The molecule has 3 aliphatic rings. The Morgan fingerprint density at radius 2 is 1.91 bits per heavy atom. The molecule has 2 atom stereocenters. The van der Waals surface area contributed by atoms with Crippen molar-refractivity contribution in [2.75, 3.05) is 11.4 Å². The molecule has 4 rings (SSSR count). The summed E-state index contributed by atoms with van der Waals surface area (Å²) in [7, 11) is 0. The predicted molar refractivity (Wildman–Crippen MR) is 87.1 cm³/mol. The molecule has 0 N–H and O–H groups in total. The van der Waals surface area contributed by atoms with Gasteiger partial charge in [-0.25, -0.2) is 0 Å². The maximum absolute atomic E-state index is 13.5. The summed E-state index contributed by atoms with van der Waals surface area (Å²) in [5.41, 5.74) is 0.124. The van der Waals surface area contributed by atoms with Crippen LogP contribution in [-0.2, 0) is 20.7 Å². The van der Waals surface area contributed by atoms with Gasteiger partial charge in [-0.15, -0.1) is 0 Å². The average molecular weight is 313 g/mol. The smallest absolute Gasteiger partial charge is 0.313 e. The Hall–Kier alpha value is -1.84. The van der Waals surface area contributed by atoms with Crippen LogP contribution in [0.2, 0.25) is 0 Å². The minimum absolute atomic E-state index is 0.0378. The molecule has 1 aromatic carbocycles. The van der Waals surface area contributed by atoms with Crippen LogP contribution in [0, 0.1) is 10.8 Å². The van der Waals surface area contributed by atoms with Gasteiger partial charge in [0, 0.05) is 17.6 Å². The summed E-state index contributed by atoms with van der Waals surface area (Å²) < 4.78 is 5.77. The molecule has 0 aromatic heterocycles. The van der Waals surface area contributed by atoms with Crippen LogP contribution in [0.15, 0.2) is 24.3 Å². The fraction of sp³-hybridized carbons (Fsp3) is 0.579. The van der Waals surface area contributed by atoms with E-state index in [0.717, 1.165) is 24.9 Å². The largest absolute Gasteiger partial charge is 0.448 e. The number of rotatable bonds is 1. The van der Waals surface area contributed by atoms with E-state index in [-0.39, 0.29) is 11.9 Å². The van der Waals surface area contributed by atoms with Crippen LogP contribution in [-0.4, -0.2) is 24.0 Å². The van der Waals surface area contributed by atoms with E-state index in [2.05, 4.69) is 6.07 Å². The number of aryl methyl sites for hydroxylation is 1. The summed E-state index contributed by atoms with van der Waals surface area (Å²) in [4.78, 5) is 27.8. The molecule has 0 spiro atoms. The Labute approximate surface area is 136 Å². The lowest BCUT2D eigenvalue weighted by molar-refractivity contribution is -0.167. The van der Waals surface area contributed by atoms with Crippen molar-refractivity contribution in [2.45, 2.75) is 52.1 Å². The van der Waals surface area contributed by atoms with E-state index >= 15 is 0 Å². The lowest BCUT2D eigenvalue weighted by atomic mass is 9.66. The van der Waals surface area contributed by atoms with E-state index in [9.17, 15) is 9.59 Å². The minimum atomic E-state index is -1.01. The molecule has 4 nitrogen and oxygen atoms in total. The van der Waals surface area contributed by atoms with Crippen molar-refractivity contribution in [3.63, 3.8) is 0 Å². The van der Waals surface area contributed by atoms with Crippen molar-refractivity contribution in [1.29, 1.82) is 0 Å². The molecule has 1 aliphatic carbocycles. The highest BCUT2D eigenvalue weighted by atomic mass is 16.6. The molecule has 2 fully saturated rings. The average Bonchev–Trinajstić information content (AvgIpc) is 2.84. The maximum Gasteiger partial charge on any atom is 0.313 e. The second-order valence-electron chi connectivity index (χ2n) is 7.86. The summed E-state index contributed by atoms with van der Waals surface area (Å²) in [6, 6.07) is 8.06. The number of esters is 1. The number of para-hydroxylation sites is 1. The normalized spacial score (nSPS) is 34.2. The number of amides is 1. The molecule has 1 aromatic rings. The monoisotopic (exact) mass is 313 g/mol. The zero-order valence-electron chi connectivity index (χ0n) is 14.0. The number of hydrogen-bond donors (Lipinski definition) is 0. The van der Waals surface area contributed by atoms with Crippen LogP contribution in [0.3, 0.4) is 0 Å². The van der Waals surface area contributed by atoms with Crippen LogP contribution in [0.5, 0.6) is 0 Å². The quantitative estimate of drug-likeness (QED) is 0.749. The Bertz CT molecular complexity index is 710. The zero-order valence-corrected chi connectivity index (χ0v) is 14.0. The van der Waals surface area contributed by atoms with Crippen molar-refractivity contribution in [3.8, 4) is 0 Å². The lowest BCUT2D eigenvalue weighted by Crippen LogP contribution is -2.56. The Balaban J connectivity index is 1.78. The number of ether oxygens (including phenoxy) is 1. The number of hydrogen-bond acceptors (Lipinski definition) is 3. The first-order valence-corrected chi connectivity index (χ1v) is 8.47.